The third-order valence-corrected chi connectivity index (χ3v) is 3.52. The van der Waals surface area contributed by atoms with Crippen molar-refractivity contribution in [2.24, 2.45) is 5.10 Å². The van der Waals surface area contributed by atoms with Crippen molar-refractivity contribution in [2.75, 3.05) is 5.73 Å². The minimum Gasteiger partial charge on any atom is -0.399 e. The van der Waals surface area contributed by atoms with Crippen LogP contribution in [0.1, 0.15) is 12.5 Å². The van der Waals surface area contributed by atoms with Gasteiger partial charge in [-0.1, -0.05) is 12.1 Å². The highest BCUT2D eigenvalue weighted by atomic mass is 32.2. The number of hydrogen-bond donors (Lipinski definition) is 2. The molecule has 1 aromatic rings. The van der Waals surface area contributed by atoms with E-state index in [4.69, 9.17) is 5.73 Å². The van der Waals surface area contributed by atoms with Crippen molar-refractivity contribution in [3.8, 4) is 0 Å². The van der Waals surface area contributed by atoms with Crippen LogP contribution in [0.3, 0.4) is 0 Å². The Balaban J connectivity index is 2.24. The Morgan fingerprint density at radius 1 is 1.44 bits per heavy atom. The molecule has 1 heterocycles. The van der Waals surface area contributed by atoms with Crippen molar-refractivity contribution >= 4 is 29.4 Å². The van der Waals surface area contributed by atoms with Crippen LogP contribution in [0.15, 0.2) is 29.4 Å². The summed E-state index contributed by atoms with van der Waals surface area (Å²) >= 11 is 1.55. The number of hydrogen-bond acceptors (Lipinski definition) is 5. The molecule has 0 aliphatic carbocycles. The minimum absolute atomic E-state index is 0.195. The van der Waals surface area contributed by atoms with Gasteiger partial charge < -0.3 is 10.5 Å². The lowest BCUT2D eigenvalue weighted by molar-refractivity contribution is -0.107. The lowest BCUT2D eigenvalue weighted by atomic mass is 10.1. The maximum absolute atomic E-state index is 10.6. The summed E-state index contributed by atoms with van der Waals surface area (Å²) in [7, 11) is 0. The minimum atomic E-state index is -0.243. The van der Waals surface area contributed by atoms with Gasteiger partial charge >= 0.3 is 0 Å². The van der Waals surface area contributed by atoms with Gasteiger partial charge in [0.15, 0.2) is 6.29 Å². The fourth-order valence-electron chi connectivity index (χ4n) is 1.55. The summed E-state index contributed by atoms with van der Waals surface area (Å²) in [5, 5.41) is 4.19. The first-order chi connectivity index (χ1) is 7.70. The van der Waals surface area contributed by atoms with Crippen molar-refractivity contribution in [1.82, 2.24) is 5.43 Å². The standard InChI is InChI=1S/C11H13N3OS/c1-7-11(14-13-10(6-15)16-7)8-2-4-9(12)5-3-8/h2-7,10,13H,12H2,1H3/t7-,10?/m1/s1. The molecule has 0 bridgehead atoms. The monoisotopic (exact) mass is 235 g/mol. The molecular formula is C11H13N3OS. The van der Waals surface area contributed by atoms with Crippen LogP contribution in [0.25, 0.3) is 0 Å². The average Bonchev–Trinajstić information content (AvgIpc) is 2.30. The molecule has 0 saturated carbocycles. The van der Waals surface area contributed by atoms with E-state index in [2.05, 4.69) is 10.5 Å². The summed E-state index contributed by atoms with van der Waals surface area (Å²) in [6.45, 7) is 2.04. The molecule has 0 amide bonds. The van der Waals surface area contributed by atoms with Gasteiger partial charge in [-0.25, -0.2) is 0 Å². The number of nitrogens with zero attached hydrogens (tertiary/aromatic N) is 1. The fourth-order valence-corrected chi connectivity index (χ4v) is 2.49. The maximum atomic E-state index is 10.6. The molecule has 84 valence electrons. The lowest BCUT2D eigenvalue weighted by Crippen LogP contribution is -2.35. The highest BCUT2D eigenvalue weighted by Gasteiger charge is 2.23. The summed E-state index contributed by atoms with van der Waals surface area (Å²) in [6, 6.07) is 7.57. The van der Waals surface area contributed by atoms with E-state index in [1.165, 1.54) is 0 Å². The summed E-state index contributed by atoms with van der Waals surface area (Å²) in [5.41, 5.74) is 11.2. The van der Waals surface area contributed by atoms with Gasteiger partial charge in [0.2, 0.25) is 0 Å². The average molecular weight is 235 g/mol. The zero-order chi connectivity index (χ0) is 11.5. The van der Waals surface area contributed by atoms with Gasteiger partial charge in [-0.05, 0) is 24.6 Å². The molecule has 16 heavy (non-hydrogen) atoms. The van der Waals surface area contributed by atoms with Crippen LogP contribution in [0.4, 0.5) is 5.69 Å². The van der Waals surface area contributed by atoms with Crippen LogP contribution in [0, 0.1) is 0 Å². The molecule has 1 aliphatic rings. The van der Waals surface area contributed by atoms with Crippen molar-refractivity contribution in [3.05, 3.63) is 29.8 Å². The predicted octanol–water partition coefficient (Wildman–Crippen LogP) is 1.22. The van der Waals surface area contributed by atoms with Crippen LogP contribution >= 0.6 is 11.8 Å². The Bertz CT molecular complexity index is 416. The molecule has 1 unspecified atom stereocenters. The number of carbonyl (C=O) groups excluding carboxylic acids is 1. The second-order valence-corrected chi connectivity index (χ2v) is 5.07. The molecule has 2 atom stereocenters. The molecule has 0 radical (unpaired) electrons. The molecule has 0 saturated heterocycles. The number of nitrogens with one attached hydrogen (secondary N) is 1. The van der Waals surface area contributed by atoms with Crippen molar-refractivity contribution in [1.29, 1.82) is 0 Å². The number of thioether (sulfide) groups is 1. The summed E-state index contributed by atoms with van der Waals surface area (Å²) in [5.74, 6) is 0. The normalized spacial score (nSPS) is 24.4. The molecule has 0 aromatic heterocycles. The van der Waals surface area contributed by atoms with Gasteiger partial charge in [-0.15, -0.1) is 11.8 Å². The molecule has 2 rings (SSSR count). The number of aldehydes is 1. The van der Waals surface area contributed by atoms with E-state index in [0.717, 1.165) is 23.2 Å². The second kappa shape index (κ2) is 4.57. The van der Waals surface area contributed by atoms with Crippen molar-refractivity contribution in [2.45, 2.75) is 17.5 Å². The van der Waals surface area contributed by atoms with Gasteiger partial charge in [0.05, 0.1) is 5.71 Å². The third kappa shape index (κ3) is 2.19. The van der Waals surface area contributed by atoms with Gasteiger partial charge in [0, 0.05) is 10.9 Å². The maximum Gasteiger partial charge on any atom is 0.154 e. The van der Waals surface area contributed by atoms with E-state index >= 15 is 0 Å². The zero-order valence-electron chi connectivity index (χ0n) is 8.88. The van der Waals surface area contributed by atoms with Crippen LogP contribution in [-0.4, -0.2) is 22.6 Å². The molecule has 4 nitrogen and oxygen atoms in total. The fraction of sp³-hybridized carbons (Fsp3) is 0.273. The Morgan fingerprint density at radius 3 is 2.69 bits per heavy atom. The van der Waals surface area contributed by atoms with E-state index in [1.807, 2.05) is 31.2 Å². The predicted molar refractivity (Wildman–Crippen MR) is 67.4 cm³/mol. The van der Waals surface area contributed by atoms with E-state index in [1.54, 1.807) is 11.8 Å². The first kappa shape index (κ1) is 11.0. The number of benzene rings is 1. The van der Waals surface area contributed by atoms with E-state index in [-0.39, 0.29) is 10.6 Å². The molecular weight excluding hydrogens is 222 g/mol. The quantitative estimate of drug-likeness (QED) is 0.597. The lowest BCUT2D eigenvalue weighted by Gasteiger charge is -2.24. The Kier molecular flexibility index (Phi) is 3.14. The van der Waals surface area contributed by atoms with Gasteiger partial charge in [0.1, 0.15) is 5.37 Å². The number of carbonyl (C=O) groups is 1. The van der Waals surface area contributed by atoms with Gasteiger partial charge in [-0.2, -0.15) is 5.10 Å². The van der Waals surface area contributed by atoms with Gasteiger partial charge in [-0.3, -0.25) is 5.43 Å². The molecule has 0 fully saturated rings. The van der Waals surface area contributed by atoms with E-state index in [0.29, 0.717) is 0 Å². The number of anilines is 1. The number of hydrazone groups is 1. The van der Waals surface area contributed by atoms with Crippen molar-refractivity contribution < 1.29 is 4.79 Å². The number of nitrogen functional groups attached to an aromatic ring is 1. The molecule has 5 heteroatoms. The highest BCUT2D eigenvalue weighted by molar-refractivity contribution is 8.01. The van der Waals surface area contributed by atoms with Crippen LogP contribution in [-0.2, 0) is 4.79 Å². The molecule has 1 aromatic carbocycles. The summed E-state index contributed by atoms with van der Waals surface area (Å²) in [4.78, 5) is 10.6. The number of nitrogens with two attached hydrogens (primary N) is 1. The van der Waals surface area contributed by atoms with Crippen LogP contribution in [0.5, 0.6) is 0 Å². The molecule has 3 N–H and O–H groups in total. The molecule has 1 aliphatic heterocycles. The third-order valence-electron chi connectivity index (χ3n) is 2.38. The smallest absolute Gasteiger partial charge is 0.154 e. The zero-order valence-corrected chi connectivity index (χ0v) is 9.70. The van der Waals surface area contributed by atoms with Crippen molar-refractivity contribution in [3.63, 3.8) is 0 Å². The Labute approximate surface area is 98.3 Å². The van der Waals surface area contributed by atoms with Gasteiger partial charge in [0.25, 0.3) is 0 Å². The second-order valence-electron chi connectivity index (χ2n) is 3.58. The van der Waals surface area contributed by atoms with E-state index < -0.39 is 0 Å². The highest BCUT2D eigenvalue weighted by Crippen LogP contribution is 2.23. The number of rotatable bonds is 2. The molecule has 0 spiro atoms. The first-order valence-electron chi connectivity index (χ1n) is 5.00. The van der Waals surface area contributed by atoms with Crippen LogP contribution < -0.4 is 11.2 Å². The largest absolute Gasteiger partial charge is 0.399 e. The van der Waals surface area contributed by atoms with Crippen LogP contribution in [0.2, 0.25) is 0 Å². The Morgan fingerprint density at radius 2 is 2.12 bits per heavy atom. The SMILES string of the molecule is C[C@H]1SC(C=O)NN=C1c1ccc(N)cc1. The van der Waals surface area contributed by atoms with E-state index in [9.17, 15) is 4.79 Å². The summed E-state index contributed by atoms with van der Waals surface area (Å²) in [6.07, 6.45) is 0.866. The first-order valence-corrected chi connectivity index (χ1v) is 5.95. The summed E-state index contributed by atoms with van der Waals surface area (Å²) < 4.78 is 0. The topological polar surface area (TPSA) is 67.5 Å². The Hall–Kier alpha value is -1.49.